The zero-order chi connectivity index (χ0) is 29.7. The van der Waals surface area contributed by atoms with E-state index in [1.165, 1.54) is 0 Å². The number of benzene rings is 1. The van der Waals surface area contributed by atoms with Gasteiger partial charge in [0.1, 0.15) is 12.2 Å². The molecule has 10 nitrogen and oxygen atoms in total. The summed E-state index contributed by atoms with van der Waals surface area (Å²) >= 11 is 0.832. The number of halogens is 4. The van der Waals surface area contributed by atoms with Gasteiger partial charge in [0.05, 0.1) is 33.8 Å². The average molecular weight is 619 g/mol. The molecule has 2 aromatic heterocycles. The zero-order valence-corrected chi connectivity index (χ0v) is 24.1. The fourth-order valence-corrected chi connectivity index (χ4v) is 6.25. The molecule has 2 saturated heterocycles. The van der Waals surface area contributed by atoms with Crippen LogP contribution in [0.25, 0.3) is 20.8 Å². The number of hydrogen-bond acceptors (Lipinski definition) is 10. The van der Waals surface area contributed by atoms with Crippen molar-refractivity contribution in [3.05, 3.63) is 24.1 Å². The molecule has 3 atom stereocenters. The van der Waals surface area contributed by atoms with Crippen molar-refractivity contribution in [1.29, 1.82) is 0 Å². The number of nitrogens with zero attached hydrogens (tertiary/aromatic N) is 2. The van der Waals surface area contributed by atoms with E-state index >= 15 is 0 Å². The smallest absolute Gasteiger partial charge is 0.446 e. The van der Waals surface area contributed by atoms with Crippen LogP contribution in [0.5, 0.6) is 0 Å². The minimum atomic E-state index is -4.54. The van der Waals surface area contributed by atoms with Gasteiger partial charge in [0.15, 0.2) is 0 Å². The quantitative estimate of drug-likeness (QED) is 0.160. The van der Waals surface area contributed by atoms with Crippen LogP contribution in [0.2, 0.25) is 0 Å². The topological polar surface area (TPSA) is 130 Å². The second kappa shape index (κ2) is 13.2. The third-order valence-electron chi connectivity index (χ3n) is 6.11. The Bertz CT molecular complexity index is 1370. The summed E-state index contributed by atoms with van der Waals surface area (Å²) in [5.41, 5.74) is -3.99. The summed E-state index contributed by atoms with van der Waals surface area (Å²) in [4.78, 5) is 26.3. The molecule has 3 unspecified atom stereocenters. The number of alkyl halides is 4. The number of fused-ring (bicyclic) bond motifs is 1. The first-order valence-electron chi connectivity index (χ1n) is 12.9. The summed E-state index contributed by atoms with van der Waals surface area (Å²) in [6.45, 7) is 7.02. The summed E-state index contributed by atoms with van der Waals surface area (Å²) in [5, 5.41) is 15.5. The summed E-state index contributed by atoms with van der Waals surface area (Å²) in [5.74, 6) is -0.0187. The molecule has 4 N–H and O–H groups in total. The molecular weight excluding hydrogens is 588 g/mol. The monoisotopic (exact) mass is 618 g/mol. The van der Waals surface area contributed by atoms with Crippen LogP contribution in [0.4, 0.5) is 28.0 Å². The lowest BCUT2D eigenvalue weighted by molar-refractivity contribution is -0.146. The summed E-state index contributed by atoms with van der Waals surface area (Å²) in [6.07, 6.45) is -0.567. The van der Waals surface area contributed by atoms with Gasteiger partial charge in [-0.05, 0) is 37.7 Å². The molecule has 2 amide bonds. The minimum Gasteiger partial charge on any atom is -0.466 e. The highest BCUT2D eigenvalue weighted by molar-refractivity contribution is 8.00. The highest BCUT2D eigenvalue weighted by Gasteiger charge is 2.35. The van der Waals surface area contributed by atoms with Crippen molar-refractivity contribution in [2.75, 3.05) is 31.6 Å². The molecule has 2 aliphatic rings. The molecule has 224 valence electrons. The van der Waals surface area contributed by atoms with E-state index in [9.17, 15) is 27.2 Å². The summed E-state index contributed by atoms with van der Waals surface area (Å²) in [6, 6.07) is 3.54. The van der Waals surface area contributed by atoms with Crippen LogP contribution in [0.3, 0.4) is 0 Å². The molecule has 5 rings (SSSR count). The number of ether oxygens (including phenoxy) is 1. The Labute approximate surface area is 241 Å². The fourth-order valence-electron chi connectivity index (χ4n) is 4.14. The Morgan fingerprint density at radius 3 is 2.71 bits per heavy atom. The number of thioether (sulfide) groups is 1. The molecule has 2 fully saturated rings. The predicted molar refractivity (Wildman–Crippen MR) is 148 cm³/mol. The lowest BCUT2D eigenvalue weighted by Gasteiger charge is -2.28. The largest absolute Gasteiger partial charge is 0.466 e. The first kappa shape index (κ1) is 30.8. The number of thiophene rings is 1. The third-order valence-corrected chi connectivity index (χ3v) is 8.33. The van der Waals surface area contributed by atoms with E-state index in [0.29, 0.717) is 35.3 Å². The molecule has 4 heterocycles. The number of hydrogen-bond donors (Lipinski definition) is 4. The van der Waals surface area contributed by atoms with Gasteiger partial charge in [-0.2, -0.15) is 18.2 Å². The fraction of sp³-hybridized carbons (Fsp3) is 0.520. The molecule has 16 heteroatoms. The Morgan fingerprint density at radius 2 is 2.10 bits per heavy atom. The number of nitrogens with one attached hydrogen (secondary N) is 4. The van der Waals surface area contributed by atoms with Crippen LogP contribution in [0.1, 0.15) is 39.1 Å². The SMILES string of the molecule is CCOC(=O)C(C)C.O=C1NCC(c2nc(-c3sc4c(NC5CCNCC5F)cccc4c3SC(F)(F)F)no2)N1. The van der Waals surface area contributed by atoms with Gasteiger partial charge in [0.25, 0.3) is 5.89 Å². The van der Waals surface area contributed by atoms with Crippen molar-refractivity contribution in [1.82, 2.24) is 26.1 Å². The van der Waals surface area contributed by atoms with E-state index < -0.39 is 29.8 Å². The Morgan fingerprint density at radius 1 is 1.32 bits per heavy atom. The lowest BCUT2D eigenvalue weighted by atomic mass is 10.0. The van der Waals surface area contributed by atoms with E-state index in [4.69, 9.17) is 4.52 Å². The Hall–Kier alpha value is -3.11. The van der Waals surface area contributed by atoms with Crippen LogP contribution < -0.4 is 21.3 Å². The summed E-state index contributed by atoms with van der Waals surface area (Å²) in [7, 11) is 0. The van der Waals surface area contributed by atoms with Crippen LogP contribution >= 0.6 is 23.1 Å². The molecule has 3 aromatic rings. The number of rotatable bonds is 7. The number of piperidine rings is 1. The van der Waals surface area contributed by atoms with Crippen molar-refractivity contribution in [2.45, 2.75) is 55.9 Å². The Kier molecular flexibility index (Phi) is 9.96. The highest BCUT2D eigenvalue weighted by Crippen LogP contribution is 2.50. The van der Waals surface area contributed by atoms with Crippen molar-refractivity contribution in [2.24, 2.45) is 5.92 Å². The maximum absolute atomic E-state index is 14.3. The van der Waals surface area contributed by atoms with Crippen LogP contribution in [-0.4, -0.2) is 66.1 Å². The van der Waals surface area contributed by atoms with Gasteiger partial charge in [0.2, 0.25) is 5.82 Å². The van der Waals surface area contributed by atoms with Gasteiger partial charge in [-0.1, -0.05) is 31.1 Å². The first-order chi connectivity index (χ1) is 19.5. The average Bonchev–Trinajstić information content (AvgIpc) is 3.64. The molecule has 2 aliphatic heterocycles. The van der Waals surface area contributed by atoms with Crippen LogP contribution in [-0.2, 0) is 9.53 Å². The van der Waals surface area contributed by atoms with Gasteiger partial charge >= 0.3 is 17.5 Å². The highest BCUT2D eigenvalue weighted by atomic mass is 32.2. The van der Waals surface area contributed by atoms with Crippen molar-refractivity contribution in [3.63, 3.8) is 0 Å². The minimum absolute atomic E-state index is 0.00437. The predicted octanol–water partition coefficient (Wildman–Crippen LogP) is 5.23. The van der Waals surface area contributed by atoms with Crippen molar-refractivity contribution < 1.29 is 36.4 Å². The maximum atomic E-state index is 14.3. The molecule has 0 saturated carbocycles. The standard InChI is InChI=1S/C19H18F4N6O2S2.C6H12O2/c20-9-6-24-5-4-10(9)26-11-3-1-2-8-13(11)32-15(14(8)33-19(21,22)23)16-28-17(31-29-16)12-7-25-18(30)27-12;1-4-8-6(7)5(2)3/h1-3,9-10,12,24,26H,4-7H2,(H2,25,27,30);5H,4H2,1-3H3. The molecule has 41 heavy (non-hydrogen) atoms. The number of amides is 2. The number of anilines is 1. The lowest BCUT2D eigenvalue weighted by Crippen LogP contribution is -2.45. The number of esters is 1. The normalized spacial score (nSPS) is 20.8. The van der Waals surface area contributed by atoms with E-state index in [1.54, 1.807) is 25.1 Å². The van der Waals surface area contributed by atoms with E-state index in [0.717, 1.165) is 11.3 Å². The third kappa shape index (κ3) is 7.80. The van der Waals surface area contributed by atoms with Crippen molar-refractivity contribution >= 4 is 50.9 Å². The number of aromatic nitrogens is 2. The molecule has 0 aliphatic carbocycles. The van der Waals surface area contributed by atoms with E-state index in [2.05, 4.69) is 36.1 Å². The molecule has 0 bridgehead atoms. The molecule has 1 aromatic carbocycles. The van der Waals surface area contributed by atoms with Crippen LogP contribution in [0.15, 0.2) is 27.6 Å². The van der Waals surface area contributed by atoms with Gasteiger partial charge < -0.3 is 30.5 Å². The number of carbonyl (C=O) groups excluding carboxylic acids is 2. The number of urea groups is 1. The molecule has 0 radical (unpaired) electrons. The van der Waals surface area contributed by atoms with Gasteiger partial charge in [-0.15, -0.1) is 11.3 Å². The van der Waals surface area contributed by atoms with Crippen molar-refractivity contribution in [3.8, 4) is 10.7 Å². The molecule has 0 spiro atoms. The Balaban J connectivity index is 0.000000426. The van der Waals surface area contributed by atoms with Gasteiger partial charge in [-0.3, -0.25) is 4.79 Å². The van der Waals surface area contributed by atoms with Gasteiger partial charge in [0, 0.05) is 23.4 Å². The first-order valence-corrected chi connectivity index (χ1v) is 14.6. The zero-order valence-electron chi connectivity index (χ0n) is 22.4. The maximum Gasteiger partial charge on any atom is 0.446 e. The van der Waals surface area contributed by atoms with Gasteiger partial charge in [-0.25, -0.2) is 9.18 Å². The van der Waals surface area contributed by atoms with Crippen LogP contribution in [0, 0.1) is 5.92 Å². The van der Waals surface area contributed by atoms with E-state index in [-0.39, 0.29) is 58.2 Å². The second-order valence-corrected chi connectivity index (χ2v) is 11.6. The molecular formula is C25H30F4N6O4S2. The number of carbonyl (C=O) groups is 2. The van der Waals surface area contributed by atoms with E-state index in [1.807, 2.05) is 13.8 Å². The second-order valence-electron chi connectivity index (χ2n) is 9.52. The summed E-state index contributed by atoms with van der Waals surface area (Å²) < 4.78 is 65.1.